The van der Waals surface area contributed by atoms with E-state index in [9.17, 15) is 4.79 Å². The lowest BCUT2D eigenvalue weighted by Gasteiger charge is -2.20. The molecule has 0 unspecified atom stereocenters. The number of hydrogen-bond acceptors (Lipinski definition) is 4. The average Bonchev–Trinajstić information content (AvgIpc) is 3.00. The normalized spacial score (nSPS) is 15.6. The fourth-order valence-electron chi connectivity index (χ4n) is 2.77. The smallest absolute Gasteiger partial charge is 0.229 e. The second-order valence-corrected chi connectivity index (χ2v) is 7.36. The zero-order chi connectivity index (χ0) is 16.2. The van der Waals surface area contributed by atoms with Gasteiger partial charge in [0.25, 0.3) is 0 Å². The highest BCUT2D eigenvalue weighted by atomic mass is 35.5. The highest BCUT2D eigenvalue weighted by molar-refractivity contribution is 7.15. The Labute approximate surface area is 145 Å². The lowest BCUT2D eigenvalue weighted by atomic mass is 9.97. The quantitative estimate of drug-likeness (QED) is 0.886. The summed E-state index contributed by atoms with van der Waals surface area (Å²) in [5.41, 5.74) is 2.17. The Hall–Kier alpha value is -1.43. The zero-order valence-corrected chi connectivity index (χ0v) is 14.6. The Kier molecular flexibility index (Phi) is 5.30. The number of piperidine rings is 1. The number of thiazole rings is 1. The fraction of sp³-hybridized carbons (Fsp3) is 0.412. The molecule has 0 spiro atoms. The van der Waals surface area contributed by atoms with Gasteiger partial charge < -0.3 is 10.6 Å². The number of halogens is 1. The molecule has 1 aromatic heterocycles. The molecule has 6 heteroatoms. The Morgan fingerprint density at radius 2 is 2.22 bits per heavy atom. The molecule has 1 aliphatic heterocycles. The molecule has 0 radical (unpaired) electrons. The Morgan fingerprint density at radius 3 is 3.00 bits per heavy atom. The van der Waals surface area contributed by atoms with Gasteiger partial charge in [0.15, 0.2) is 5.13 Å². The first-order valence-corrected chi connectivity index (χ1v) is 9.03. The summed E-state index contributed by atoms with van der Waals surface area (Å²) in [5, 5.41) is 7.70. The number of aromatic nitrogens is 1. The first kappa shape index (κ1) is 16.4. The number of nitrogens with zero attached hydrogens (tertiary/aromatic N) is 1. The van der Waals surface area contributed by atoms with Crippen molar-refractivity contribution in [2.24, 2.45) is 5.92 Å². The zero-order valence-electron chi connectivity index (χ0n) is 13.1. The molecular formula is C17H20ClN3OS. The third kappa shape index (κ3) is 4.10. The van der Waals surface area contributed by atoms with Gasteiger partial charge in [0, 0.05) is 28.4 Å². The summed E-state index contributed by atoms with van der Waals surface area (Å²) in [6.07, 6.45) is 4.34. The number of nitrogens with one attached hydrogen (secondary N) is 2. The van der Waals surface area contributed by atoms with Gasteiger partial charge in [0.05, 0.1) is 0 Å². The van der Waals surface area contributed by atoms with Crippen molar-refractivity contribution >= 4 is 34.0 Å². The van der Waals surface area contributed by atoms with E-state index in [1.165, 1.54) is 11.3 Å². The molecule has 1 amide bonds. The van der Waals surface area contributed by atoms with Gasteiger partial charge in [-0.15, -0.1) is 11.3 Å². The van der Waals surface area contributed by atoms with Crippen molar-refractivity contribution in [1.29, 1.82) is 0 Å². The Bertz CT molecular complexity index is 695. The van der Waals surface area contributed by atoms with E-state index in [1.807, 2.05) is 31.3 Å². The lowest BCUT2D eigenvalue weighted by molar-refractivity contribution is -0.120. The first-order valence-electron chi connectivity index (χ1n) is 7.84. The molecule has 1 fully saturated rings. The van der Waals surface area contributed by atoms with Crippen molar-refractivity contribution in [2.75, 3.05) is 18.4 Å². The first-order chi connectivity index (χ1) is 11.1. The lowest BCUT2D eigenvalue weighted by Crippen LogP contribution is -2.34. The summed E-state index contributed by atoms with van der Waals surface area (Å²) in [6.45, 7) is 3.82. The van der Waals surface area contributed by atoms with Crippen molar-refractivity contribution in [3.63, 3.8) is 0 Å². The SMILES string of the molecule is Cc1cccc(Cc2cnc(NC(=O)C3CCNCC3)s2)c1Cl. The maximum absolute atomic E-state index is 12.2. The molecule has 0 saturated carbocycles. The number of carbonyl (C=O) groups excluding carboxylic acids is 1. The highest BCUT2D eigenvalue weighted by Crippen LogP contribution is 2.27. The van der Waals surface area contributed by atoms with Gasteiger partial charge in [-0.3, -0.25) is 4.79 Å². The molecular weight excluding hydrogens is 330 g/mol. The maximum Gasteiger partial charge on any atom is 0.229 e. The van der Waals surface area contributed by atoms with Crippen LogP contribution in [0.4, 0.5) is 5.13 Å². The summed E-state index contributed by atoms with van der Waals surface area (Å²) in [6, 6.07) is 6.04. The van der Waals surface area contributed by atoms with Crippen LogP contribution in [0.3, 0.4) is 0 Å². The van der Waals surface area contributed by atoms with Crippen molar-refractivity contribution in [3.05, 3.63) is 45.4 Å². The van der Waals surface area contributed by atoms with Gasteiger partial charge >= 0.3 is 0 Å². The van der Waals surface area contributed by atoms with Gasteiger partial charge in [-0.05, 0) is 44.0 Å². The fourth-order valence-corrected chi connectivity index (χ4v) is 3.80. The van der Waals surface area contributed by atoms with E-state index in [4.69, 9.17) is 11.6 Å². The summed E-state index contributed by atoms with van der Waals surface area (Å²) in [4.78, 5) is 17.7. The van der Waals surface area contributed by atoms with Crippen LogP contribution in [0.2, 0.25) is 5.02 Å². The third-order valence-electron chi connectivity index (χ3n) is 4.13. The van der Waals surface area contributed by atoms with Crippen LogP contribution in [-0.4, -0.2) is 24.0 Å². The van der Waals surface area contributed by atoms with Gasteiger partial charge in [0.2, 0.25) is 5.91 Å². The Balaban J connectivity index is 1.63. The number of rotatable bonds is 4. The molecule has 1 aliphatic rings. The molecule has 2 aromatic rings. The molecule has 122 valence electrons. The van der Waals surface area contributed by atoms with E-state index in [2.05, 4.69) is 15.6 Å². The van der Waals surface area contributed by atoms with E-state index in [0.29, 0.717) is 5.13 Å². The molecule has 1 saturated heterocycles. The summed E-state index contributed by atoms with van der Waals surface area (Å²) in [7, 11) is 0. The van der Waals surface area contributed by atoms with Crippen LogP contribution in [0, 0.1) is 12.8 Å². The van der Waals surface area contributed by atoms with Crippen molar-refractivity contribution in [3.8, 4) is 0 Å². The molecule has 2 N–H and O–H groups in total. The van der Waals surface area contributed by atoms with Gasteiger partial charge in [0.1, 0.15) is 0 Å². The standard InChI is InChI=1S/C17H20ClN3OS/c1-11-3-2-4-13(15(11)18)9-14-10-20-17(23-14)21-16(22)12-5-7-19-8-6-12/h2-4,10,12,19H,5-9H2,1H3,(H,20,21,22). The predicted octanol–water partition coefficient (Wildman–Crippen LogP) is 3.63. The summed E-state index contributed by atoms with van der Waals surface area (Å²) in [5.74, 6) is 0.177. The van der Waals surface area contributed by atoms with Gasteiger partial charge in [-0.1, -0.05) is 29.8 Å². The van der Waals surface area contributed by atoms with Crippen LogP contribution in [0.15, 0.2) is 24.4 Å². The maximum atomic E-state index is 12.2. The molecule has 23 heavy (non-hydrogen) atoms. The van der Waals surface area contributed by atoms with Gasteiger partial charge in [-0.25, -0.2) is 4.98 Å². The van der Waals surface area contributed by atoms with Crippen molar-refractivity contribution in [1.82, 2.24) is 10.3 Å². The molecule has 4 nitrogen and oxygen atoms in total. The van der Waals surface area contributed by atoms with Crippen molar-refractivity contribution in [2.45, 2.75) is 26.2 Å². The van der Waals surface area contributed by atoms with Crippen LogP contribution >= 0.6 is 22.9 Å². The van der Waals surface area contributed by atoms with E-state index in [-0.39, 0.29) is 11.8 Å². The molecule has 2 heterocycles. The summed E-state index contributed by atoms with van der Waals surface area (Å²) >= 11 is 7.86. The number of aryl methyl sites for hydroxylation is 1. The number of amides is 1. The van der Waals surface area contributed by atoms with Crippen LogP contribution in [-0.2, 0) is 11.2 Å². The minimum absolute atomic E-state index is 0.0842. The van der Waals surface area contributed by atoms with E-state index in [1.54, 1.807) is 0 Å². The van der Waals surface area contributed by atoms with Gasteiger partial charge in [-0.2, -0.15) is 0 Å². The van der Waals surface area contributed by atoms with Crippen LogP contribution in [0.5, 0.6) is 0 Å². The number of hydrogen-bond donors (Lipinski definition) is 2. The second-order valence-electron chi connectivity index (χ2n) is 5.87. The number of anilines is 1. The Morgan fingerprint density at radius 1 is 1.43 bits per heavy atom. The molecule has 0 atom stereocenters. The summed E-state index contributed by atoms with van der Waals surface area (Å²) < 4.78 is 0. The molecule has 0 bridgehead atoms. The monoisotopic (exact) mass is 349 g/mol. The second kappa shape index (κ2) is 7.43. The minimum atomic E-state index is 0.0842. The van der Waals surface area contributed by atoms with E-state index in [0.717, 1.165) is 53.4 Å². The largest absolute Gasteiger partial charge is 0.317 e. The van der Waals surface area contributed by atoms with Crippen LogP contribution in [0.1, 0.15) is 28.8 Å². The molecule has 3 rings (SSSR count). The van der Waals surface area contributed by atoms with E-state index >= 15 is 0 Å². The molecule has 0 aliphatic carbocycles. The molecule has 1 aromatic carbocycles. The topological polar surface area (TPSA) is 54.0 Å². The average molecular weight is 350 g/mol. The van der Waals surface area contributed by atoms with E-state index < -0.39 is 0 Å². The van der Waals surface area contributed by atoms with Crippen LogP contribution < -0.4 is 10.6 Å². The van der Waals surface area contributed by atoms with Crippen LogP contribution in [0.25, 0.3) is 0 Å². The van der Waals surface area contributed by atoms with Crippen molar-refractivity contribution < 1.29 is 4.79 Å². The number of benzene rings is 1. The number of carbonyl (C=O) groups is 1. The third-order valence-corrected chi connectivity index (χ3v) is 5.58. The minimum Gasteiger partial charge on any atom is -0.317 e. The predicted molar refractivity (Wildman–Crippen MR) is 95.3 cm³/mol. The highest BCUT2D eigenvalue weighted by Gasteiger charge is 2.21.